The van der Waals surface area contributed by atoms with Gasteiger partial charge in [-0.15, -0.1) is 24.0 Å². The van der Waals surface area contributed by atoms with Crippen molar-refractivity contribution in [1.29, 1.82) is 0 Å². The zero-order valence-electron chi connectivity index (χ0n) is 14.6. The maximum absolute atomic E-state index is 5.69. The van der Waals surface area contributed by atoms with Crippen LogP contribution in [0, 0.1) is 5.92 Å². The zero-order chi connectivity index (χ0) is 16.5. The molecule has 0 aliphatic carbocycles. The quantitative estimate of drug-likeness (QED) is 0.303. The highest BCUT2D eigenvalue weighted by Crippen LogP contribution is 2.32. The number of halogens is 1. The summed E-state index contributed by atoms with van der Waals surface area (Å²) in [6.45, 7) is 7.78. The Balaban J connectivity index is 0.00000288. The molecule has 1 aliphatic heterocycles. The molecule has 0 bridgehead atoms. The largest absolute Gasteiger partial charge is 0.490 e. The van der Waals surface area contributed by atoms with Gasteiger partial charge in [0, 0.05) is 38.4 Å². The van der Waals surface area contributed by atoms with Crippen molar-refractivity contribution in [2.45, 2.75) is 20.3 Å². The predicted molar refractivity (Wildman–Crippen MR) is 108 cm³/mol. The average Bonchev–Trinajstić information content (AvgIpc) is 2.78. The van der Waals surface area contributed by atoms with Crippen LogP contribution in [0.2, 0.25) is 0 Å². The Kier molecular flexibility index (Phi) is 9.85. The molecule has 0 aromatic heterocycles. The molecule has 0 saturated carbocycles. The number of guanidine groups is 1. The molecule has 0 atom stereocenters. The molecule has 0 unspecified atom stereocenters. The lowest BCUT2D eigenvalue weighted by Gasteiger charge is -2.14. The van der Waals surface area contributed by atoms with E-state index in [1.165, 1.54) is 0 Å². The van der Waals surface area contributed by atoms with E-state index in [1.54, 1.807) is 7.05 Å². The van der Waals surface area contributed by atoms with E-state index in [9.17, 15) is 0 Å². The van der Waals surface area contributed by atoms with Crippen LogP contribution in [-0.2, 0) is 4.74 Å². The fourth-order valence-electron chi connectivity index (χ4n) is 2.12. The number of benzene rings is 1. The number of ether oxygens (including phenoxy) is 3. The van der Waals surface area contributed by atoms with Gasteiger partial charge in [-0.2, -0.15) is 0 Å². The normalized spacial score (nSPS) is 13.9. The lowest BCUT2D eigenvalue weighted by molar-refractivity contribution is 0.114. The van der Waals surface area contributed by atoms with Gasteiger partial charge in [-0.1, -0.05) is 13.8 Å². The summed E-state index contributed by atoms with van der Waals surface area (Å²) in [5.74, 6) is 2.81. The van der Waals surface area contributed by atoms with Crippen LogP contribution in [0.3, 0.4) is 0 Å². The molecule has 1 heterocycles. The number of hydrogen-bond donors (Lipinski definition) is 2. The highest BCUT2D eigenvalue weighted by atomic mass is 127. The van der Waals surface area contributed by atoms with Crippen LogP contribution in [0.4, 0.5) is 5.69 Å². The van der Waals surface area contributed by atoms with Gasteiger partial charge in [-0.25, -0.2) is 0 Å². The van der Waals surface area contributed by atoms with Crippen LogP contribution in [0.1, 0.15) is 20.3 Å². The first kappa shape index (κ1) is 20.8. The molecule has 7 heteroatoms. The maximum Gasteiger partial charge on any atom is 0.195 e. The number of rotatable bonds is 6. The van der Waals surface area contributed by atoms with Gasteiger partial charge in [-0.3, -0.25) is 4.99 Å². The Morgan fingerprint density at radius 1 is 1.25 bits per heavy atom. The number of hydrogen-bond acceptors (Lipinski definition) is 4. The van der Waals surface area contributed by atoms with E-state index in [-0.39, 0.29) is 24.0 Å². The summed E-state index contributed by atoms with van der Waals surface area (Å²) in [5.41, 5.74) is 0.908. The van der Waals surface area contributed by atoms with E-state index >= 15 is 0 Å². The molecule has 0 fully saturated rings. The van der Waals surface area contributed by atoms with E-state index in [4.69, 9.17) is 14.2 Å². The van der Waals surface area contributed by atoms with E-state index in [0.717, 1.165) is 30.2 Å². The Bertz CT molecular complexity index is 524. The van der Waals surface area contributed by atoms with Gasteiger partial charge in [0.1, 0.15) is 0 Å². The van der Waals surface area contributed by atoms with Crippen LogP contribution in [0.5, 0.6) is 11.5 Å². The molecule has 1 aliphatic rings. The van der Waals surface area contributed by atoms with Crippen LogP contribution < -0.4 is 20.1 Å². The Labute approximate surface area is 161 Å². The highest BCUT2D eigenvalue weighted by Gasteiger charge is 2.11. The van der Waals surface area contributed by atoms with Gasteiger partial charge in [0.05, 0.1) is 19.8 Å². The molecule has 0 radical (unpaired) electrons. The van der Waals surface area contributed by atoms with Gasteiger partial charge in [0.15, 0.2) is 17.5 Å². The van der Waals surface area contributed by atoms with Crippen molar-refractivity contribution >= 4 is 35.6 Å². The predicted octanol–water partition coefficient (Wildman–Crippen LogP) is 3.13. The van der Waals surface area contributed by atoms with Crippen molar-refractivity contribution in [1.82, 2.24) is 5.32 Å². The molecule has 24 heavy (non-hydrogen) atoms. The lowest BCUT2D eigenvalue weighted by Crippen LogP contribution is -2.33. The van der Waals surface area contributed by atoms with Crippen molar-refractivity contribution in [2.24, 2.45) is 10.9 Å². The standard InChI is InChI=1S/C17H27N3O3.HI/c1-13(2)12-21-10-7-19-17(18-3)20-14-5-6-15-16(11-14)23-9-4-8-22-15;/h5-6,11,13H,4,7-10,12H2,1-3H3,(H2,18,19,20);1H. The van der Waals surface area contributed by atoms with Crippen molar-refractivity contribution in [2.75, 3.05) is 45.3 Å². The second-order valence-electron chi connectivity index (χ2n) is 5.80. The third-order valence-corrected chi connectivity index (χ3v) is 3.22. The average molecular weight is 449 g/mol. The van der Waals surface area contributed by atoms with Crippen molar-refractivity contribution in [3.05, 3.63) is 18.2 Å². The van der Waals surface area contributed by atoms with E-state index in [2.05, 4.69) is 29.5 Å². The van der Waals surface area contributed by atoms with Gasteiger partial charge in [0.25, 0.3) is 0 Å². The molecule has 2 rings (SSSR count). The van der Waals surface area contributed by atoms with Crippen molar-refractivity contribution in [3.63, 3.8) is 0 Å². The SMILES string of the molecule is CN=C(NCCOCC(C)C)Nc1ccc2c(c1)OCCCO2.I. The molecular weight excluding hydrogens is 421 g/mol. The molecule has 2 N–H and O–H groups in total. The van der Waals surface area contributed by atoms with Crippen LogP contribution in [0.25, 0.3) is 0 Å². The van der Waals surface area contributed by atoms with Gasteiger partial charge in [0.2, 0.25) is 0 Å². The Morgan fingerprint density at radius 2 is 2.00 bits per heavy atom. The topological polar surface area (TPSA) is 64.1 Å². The number of anilines is 1. The van der Waals surface area contributed by atoms with Crippen molar-refractivity contribution < 1.29 is 14.2 Å². The fourth-order valence-corrected chi connectivity index (χ4v) is 2.12. The minimum absolute atomic E-state index is 0. The van der Waals surface area contributed by atoms with Crippen LogP contribution in [-0.4, -0.2) is 46.0 Å². The molecule has 0 spiro atoms. The minimum Gasteiger partial charge on any atom is -0.490 e. The van der Waals surface area contributed by atoms with Gasteiger partial charge >= 0.3 is 0 Å². The molecule has 6 nitrogen and oxygen atoms in total. The third kappa shape index (κ3) is 7.12. The molecular formula is C17H28IN3O3. The number of fused-ring (bicyclic) bond motifs is 1. The number of nitrogens with one attached hydrogen (secondary N) is 2. The van der Waals surface area contributed by atoms with E-state index in [0.29, 0.717) is 38.2 Å². The molecule has 1 aromatic rings. The fraction of sp³-hybridized carbons (Fsp3) is 0.588. The summed E-state index contributed by atoms with van der Waals surface area (Å²) in [6, 6.07) is 5.81. The minimum atomic E-state index is 0. The maximum atomic E-state index is 5.69. The second kappa shape index (κ2) is 11.4. The van der Waals surface area contributed by atoms with Crippen LogP contribution >= 0.6 is 24.0 Å². The first-order valence-corrected chi connectivity index (χ1v) is 8.14. The lowest BCUT2D eigenvalue weighted by atomic mass is 10.2. The first-order valence-electron chi connectivity index (χ1n) is 8.14. The summed E-state index contributed by atoms with van der Waals surface area (Å²) in [5, 5.41) is 6.47. The highest BCUT2D eigenvalue weighted by molar-refractivity contribution is 14.0. The van der Waals surface area contributed by atoms with E-state index in [1.807, 2.05) is 18.2 Å². The third-order valence-electron chi connectivity index (χ3n) is 3.22. The summed E-state index contributed by atoms with van der Waals surface area (Å²) in [7, 11) is 1.74. The summed E-state index contributed by atoms with van der Waals surface area (Å²) in [4.78, 5) is 4.21. The summed E-state index contributed by atoms with van der Waals surface area (Å²) >= 11 is 0. The monoisotopic (exact) mass is 449 g/mol. The summed E-state index contributed by atoms with van der Waals surface area (Å²) in [6.07, 6.45) is 0.900. The second-order valence-corrected chi connectivity index (χ2v) is 5.80. The number of nitrogens with zero attached hydrogens (tertiary/aromatic N) is 1. The molecule has 1 aromatic carbocycles. The smallest absolute Gasteiger partial charge is 0.195 e. The van der Waals surface area contributed by atoms with E-state index < -0.39 is 0 Å². The van der Waals surface area contributed by atoms with Gasteiger partial charge in [-0.05, 0) is 18.1 Å². The summed E-state index contributed by atoms with van der Waals surface area (Å²) < 4.78 is 16.9. The van der Waals surface area contributed by atoms with Crippen molar-refractivity contribution in [3.8, 4) is 11.5 Å². The molecule has 136 valence electrons. The molecule has 0 amide bonds. The Morgan fingerprint density at radius 3 is 2.71 bits per heavy atom. The first-order chi connectivity index (χ1) is 11.2. The number of aliphatic imine (C=N–C) groups is 1. The van der Waals surface area contributed by atoms with Crippen LogP contribution in [0.15, 0.2) is 23.2 Å². The molecule has 0 saturated heterocycles. The van der Waals surface area contributed by atoms with Gasteiger partial charge < -0.3 is 24.8 Å². The zero-order valence-corrected chi connectivity index (χ0v) is 17.0. The Hall–Kier alpha value is -1.22.